The number of hydrogen-bond donors (Lipinski definition) is 2. The normalized spacial score (nSPS) is 10.6. The Balaban J connectivity index is 1.36. The molecular formula is C29H31N5O. The second kappa shape index (κ2) is 11.3. The van der Waals surface area contributed by atoms with E-state index in [1.54, 1.807) is 6.07 Å². The monoisotopic (exact) mass is 465 g/mol. The quantitative estimate of drug-likeness (QED) is 0.319. The van der Waals surface area contributed by atoms with Gasteiger partial charge in [0.1, 0.15) is 0 Å². The third-order valence-corrected chi connectivity index (χ3v) is 5.89. The van der Waals surface area contributed by atoms with Gasteiger partial charge in [0.05, 0.1) is 5.69 Å². The lowest BCUT2D eigenvalue weighted by Gasteiger charge is -2.21. The molecule has 4 rings (SSSR count). The molecule has 0 bridgehead atoms. The van der Waals surface area contributed by atoms with E-state index in [-0.39, 0.29) is 5.91 Å². The first-order valence-corrected chi connectivity index (χ1v) is 12.0. The number of nitrogens with zero attached hydrogens (tertiary/aromatic N) is 3. The Labute approximate surface area is 207 Å². The molecule has 2 N–H and O–H groups in total. The number of anilines is 3. The van der Waals surface area contributed by atoms with E-state index in [0.29, 0.717) is 17.9 Å². The van der Waals surface area contributed by atoms with Crippen molar-refractivity contribution in [1.29, 1.82) is 0 Å². The molecule has 0 saturated carbocycles. The van der Waals surface area contributed by atoms with E-state index < -0.39 is 0 Å². The number of benzene rings is 3. The van der Waals surface area contributed by atoms with Gasteiger partial charge in [0.2, 0.25) is 0 Å². The van der Waals surface area contributed by atoms with Crippen LogP contribution in [0.4, 0.5) is 17.2 Å². The van der Waals surface area contributed by atoms with E-state index in [4.69, 9.17) is 0 Å². The highest BCUT2D eigenvalue weighted by atomic mass is 16.1. The zero-order chi connectivity index (χ0) is 24.6. The molecule has 3 aromatic carbocycles. The van der Waals surface area contributed by atoms with E-state index >= 15 is 0 Å². The van der Waals surface area contributed by atoms with E-state index in [1.807, 2.05) is 42.5 Å². The Morgan fingerprint density at radius 3 is 2.31 bits per heavy atom. The van der Waals surface area contributed by atoms with Crippen molar-refractivity contribution in [3.05, 3.63) is 102 Å². The maximum atomic E-state index is 12.7. The highest BCUT2D eigenvalue weighted by molar-refractivity contribution is 5.95. The lowest BCUT2D eigenvalue weighted by atomic mass is 10.1. The fourth-order valence-corrected chi connectivity index (χ4v) is 3.94. The van der Waals surface area contributed by atoms with Gasteiger partial charge in [-0.05, 0) is 74.9 Å². The molecule has 1 aromatic heterocycles. The van der Waals surface area contributed by atoms with Crippen LogP contribution in [-0.4, -0.2) is 29.2 Å². The number of carbonyl (C=O) groups excluding carboxylic acids is 1. The van der Waals surface area contributed by atoms with Crippen LogP contribution in [0.25, 0.3) is 11.3 Å². The van der Waals surface area contributed by atoms with Gasteiger partial charge in [-0.2, -0.15) is 0 Å². The number of aromatic nitrogens is 2. The van der Waals surface area contributed by atoms with Gasteiger partial charge in [-0.3, -0.25) is 4.79 Å². The summed E-state index contributed by atoms with van der Waals surface area (Å²) in [6.45, 7) is 8.76. The van der Waals surface area contributed by atoms with E-state index in [0.717, 1.165) is 35.6 Å². The van der Waals surface area contributed by atoms with Crippen LogP contribution in [0, 0.1) is 6.92 Å². The maximum Gasteiger partial charge on any atom is 0.251 e. The van der Waals surface area contributed by atoms with Crippen LogP contribution in [0.3, 0.4) is 0 Å². The third kappa shape index (κ3) is 6.23. The van der Waals surface area contributed by atoms with Gasteiger partial charge in [-0.25, -0.2) is 0 Å². The summed E-state index contributed by atoms with van der Waals surface area (Å²) < 4.78 is 0. The van der Waals surface area contributed by atoms with E-state index in [2.05, 4.69) is 82.9 Å². The van der Waals surface area contributed by atoms with E-state index in [9.17, 15) is 4.79 Å². The summed E-state index contributed by atoms with van der Waals surface area (Å²) in [6.07, 6.45) is 0. The summed E-state index contributed by atoms with van der Waals surface area (Å²) in [5, 5.41) is 14.9. The molecule has 0 aliphatic carbocycles. The Morgan fingerprint density at radius 2 is 1.63 bits per heavy atom. The van der Waals surface area contributed by atoms with Gasteiger partial charge in [0, 0.05) is 42.1 Å². The van der Waals surface area contributed by atoms with Gasteiger partial charge in [-0.1, -0.05) is 42.0 Å². The highest BCUT2D eigenvalue weighted by Crippen LogP contribution is 2.21. The van der Waals surface area contributed by atoms with Gasteiger partial charge in [0.25, 0.3) is 5.91 Å². The van der Waals surface area contributed by atoms with Crippen LogP contribution in [0.1, 0.15) is 35.3 Å². The number of amides is 1. The average Bonchev–Trinajstić information content (AvgIpc) is 2.89. The smallest absolute Gasteiger partial charge is 0.251 e. The fraction of sp³-hybridized carbons (Fsp3) is 0.207. The second-order valence-corrected chi connectivity index (χ2v) is 8.40. The average molecular weight is 466 g/mol. The van der Waals surface area contributed by atoms with Crippen LogP contribution in [-0.2, 0) is 6.54 Å². The molecule has 6 nitrogen and oxygen atoms in total. The number of rotatable bonds is 9. The minimum absolute atomic E-state index is 0.123. The number of nitrogens with one attached hydrogen (secondary N) is 2. The van der Waals surface area contributed by atoms with Crippen LogP contribution in [0.5, 0.6) is 0 Å². The zero-order valence-corrected chi connectivity index (χ0v) is 20.5. The van der Waals surface area contributed by atoms with Crippen molar-refractivity contribution >= 4 is 23.1 Å². The van der Waals surface area contributed by atoms with Crippen molar-refractivity contribution in [3.8, 4) is 11.3 Å². The summed E-state index contributed by atoms with van der Waals surface area (Å²) >= 11 is 0. The van der Waals surface area contributed by atoms with Crippen molar-refractivity contribution in [3.63, 3.8) is 0 Å². The fourth-order valence-electron chi connectivity index (χ4n) is 3.94. The van der Waals surface area contributed by atoms with Crippen LogP contribution in [0.2, 0.25) is 0 Å². The van der Waals surface area contributed by atoms with Crippen molar-refractivity contribution in [2.24, 2.45) is 0 Å². The van der Waals surface area contributed by atoms with Crippen molar-refractivity contribution in [2.75, 3.05) is 23.3 Å². The largest absolute Gasteiger partial charge is 0.372 e. The zero-order valence-electron chi connectivity index (χ0n) is 20.5. The van der Waals surface area contributed by atoms with Gasteiger partial charge >= 0.3 is 0 Å². The molecule has 0 aliphatic rings. The minimum atomic E-state index is -0.123. The number of carbonyl (C=O) groups is 1. The first-order valence-electron chi connectivity index (χ1n) is 12.0. The van der Waals surface area contributed by atoms with E-state index in [1.165, 1.54) is 11.3 Å². The maximum absolute atomic E-state index is 12.7. The summed E-state index contributed by atoms with van der Waals surface area (Å²) in [7, 11) is 0. The molecule has 0 saturated heterocycles. The highest BCUT2D eigenvalue weighted by Gasteiger charge is 2.08. The number of hydrogen-bond acceptors (Lipinski definition) is 5. The van der Waals surface area contributed by atoms with Crippen molar-refractivity contribution < 1.29 is 4.79 Å². The second-order valence-electron chi connectivity index (χ2n) is 8.40. The molecule has 0 fully saturated rings. The molecule has 0 atom stereocenters. The molecule has 178 valence electrons. The Morgan fingerprint density at radius 1 is 0.857 bits per heavy atom. The first kappa shape index (κ1) is 24.0. The molecule has 1 heterocycles. The first-order chi connectivity index (χ1) is 17.1. The lowest BCUT2D eigenvalue weighted by Crippen LogP contribution is -2.23. The van der Waals surface area contributed by atoms with Crippen molar-refractivity contribution in [2.45, 2.75) is 27.3 Å². The van der Waals surface area contributed by atoms with Gasteiger partial charge in [-0.15, -0.1) is 10.2 Å². The molecule has 35 heavy (non-hydrogen) atoms. The minimum Gasteiger partial charge on any atom is -0.372 e. The molecule has 0 aliphatic heterocycles. The Hall–Kier alpha value is -4.19. The summed E-state index contributed by atoms with van der Waals surface area (Å²) in [5.74, 6) is 0.495. The van der Waals surface area contributed by atoms with Crippen LogP contribution in [0.15, 0.2) is 84.9 Å². The summed E-state index contributed by atoms with van der Waals surface area (Å²) in [6, 6.07) is 27.7. The Kier molecular flexibility index (Phi) is 7.73. The number of aryl methyl sites for hydroxylation is 1. The molecule has 1 amide bonds. The summed E-state index contributed by atoms with van der Waals surface area (Å²) in [4.78, 5) is 15.0. The van der Waals surface area contributed by atoms with Gasteiger partial charge in [0.15, 0.2) is 5.82 Å². The lowest BCUT2D eigenvalue weighted by molar-refractivity contribution is 0.0951. The molecular weight excluding hydrogens is 434 g/mol. The third-order valence-electron chi connectivity index (χ3n) is 5.89. The summed E-state index contributed by atoms with van der Waals surface area (Å²) in [5.41, 5.74) is 6.64. The SMILES string of the molecule is CCN(CC)c1ccc(CNC(=O)c2cccc(Nc3ccc(-c4cccc(C)c4)nn3)c2)cc1. The predicted molar refractivity (Wildman–Crippen MR) is 143 cm³/mol. The molecule has 0 radical (unpaired) electrons. The van der Waals surface area contributed by atoms with Gasteiger partial charge < -0.3 is 15.5 Å². The van der Waals surface area contributed by atoms with Crippen LogP contribution < -0.4 is 15.5 Å². The predicted octanol–water partition coefficient (Wildman–Crippen LogP) is 5.97. The molecule has 6 heteroatoms. The van der Waals surface area contributed by atoms with Crippen LogP contribution >= 0.6 is 0 Å². The standard InChI is InChI=1S/C29H31N5O/c1-4-34(5-2)26-14-12-22(13-15-26)20-30-29(35)24-10-7-11-25(19-24)31-28-17-16-27(32-33-28)23-9-6-8-21(3)18-23/h6-19H,4-5,20H2,1-3H3,(H,30,35)(H,31,33). The van der Waals surface area contributed by atoms with Crippen molar-refractivity contribution in [1.82, 2.24) is 15.5 Å². The molecule has 0 unspecified atom stereocenters. The Bertz CT molecular complexity index is 1270. The topological polar surface area (TPSA) is 70.2 Å². The molecule has 0 spiro atoms. The molecule has 4 aromatic rings.